The van der Waals surface area contributed by atoms with Crippen LogP contribution in [0.4, 0.5) is 4.79 Å². The van der Waals surface area contributed by atoms with Gasteiger partial charge in [0.05, 0.1) is 8.95 Å². The second-order valence-corrected chi connectivity index (χ2v) is 5.83. The second kappa shape index (κ2) is 5.19. The third-order valence-electron chi connectivity index (χ3n) is 1.49. The number of halogens is 2. The van der Waals surface area contributed by atoms with E-state index < -0.39 is 11.8 Å². The molecule has 16 heavy (non-hydrogen) atoms. The first-order valence-electron chi connectivity index (χ1n) is 4.64. The largest absolute Gasteiger partial charge is 0.514 e. The third kappa shape index (κ3) is 4.14. The van der Waals surface area contributed by atoms with Crippen molar-refractivity contribution in [2.24, 2.45) is 0 Å². The molecule has 0 aliphatic carbocycles. The molecule has 0 aromatic heterocycles. The first-order valence-corrected chi connectivity index (χ1v) is 6.23. The van der Waals surface area contributed by atoms with E-state index in [9.17, 15) is 4.79 Å². The van der Waals surface area contributed by atoms with Crippen molar-refractivity contribution in [1.82, 2.24) is 0 Å². The monoisotopic (exact) mass is 350 g/mol. The number of hydrogen-bond acceptors (Lipinski definition) is 3. The van der Waals surface area contributed by atoms with Crippen LogP contribution < -0.4 is 4.74 Å². The predicted octanol–water partition coefficient (Wildman–Crippen LogP) is 4.53. The van der Waals surface area contributed by atoms with E-state index >= 15 is 0 Å². The maximum Gasteiger partial charge on any atom is 0.514 e. The summed E-state index contributed by atoms with van der Waals surface area (Å²) in [5, 5.41) is 0. The lowest BCUT2D eigenvalue weighted by atomic mass is 10.2. The van der Waals surface area contributed by atoms with Crippen LogP contribution in [0.25, 0.3) is 0 Å². The third-order valence-corrected chi connectivity index (χ3v) is 2.74. The molecule has 1 aromatic carbocycles. The highest BCUT2D eigenvalue weighted by Gasteiger charge is 2.19. The molecular weight excluding hydrogens is 340 g/mol. The van der Waals surface area contributed by atoms with Gasteiger partial charge >= 0.3 is 6.16 Å². The summed E-state index contributed by atoms with van der Waals surface area (Å²) in [5.41, 5.74) is -0.565. The molecule has 3 nitrogen and oxygen atoms in total. The molecule has 1 aromatic rings. The van der Waals surface area contributed by atoms with Crippen LogP contribution in [0.15, 0.2) is 27.1 Å². The lowest BCUT2D eigenvalue weighted by Gasteiger charge is -2.19. The van der Waals surface area contributed by atoms with Crippen molar-refractivity contribution in [3.05, 3.63) is 27.1 Å². The molecule has 0 N–H and O–H groups in total. The number of ether oxygens (including phenoxy) is 2. The Labute approximate surface area is 111 Å². The van der Waals surface area contributed by atoms with Gasteiger partial charge in [-0.3, -0.25) is 0 Å². The van der Waals surface area contributed by atoms with E-state index in [0.29, 0.717) is 14.7 Å². The summed E-state index contributed by atoms with van der Waals surface area (Å²) in [6, 6.07) is 5.39. The zero-order valence-corrected chi connectivity index (χ0v) is 12.4. The van der Waals surface area contributed by atoms with Crippen molar-refractivity contribution in [3.63, 3.8) is 0 Å². The molecule has 5 heteroatoms. The van der Waals surface area contributed by atoms with Crippen LogP contribution in [0.1, 0.15) is 20.8 Å². The lowest BCUT2D eigenvalue weighted by Crippen LogP contribution is -2.26. The van der Waals surface area contributed by atoms with Gasteiger partial charge in [-0.2, -0.15) is 0 Å². The summed E-state index contributed by atoms with van der Waals surface area (Å²) in [5.74, 6) is 0.414. The van der Waals surface area contributed by atoms with Crippen LogP contribution in [0.2, 0.25) is 0 Å². The molecule has 0 aliphatic heterocycles. The van der Waals surface area contributed by atoms with Crippen LogP contribution >= 0.6 is 31.9 Å². The van der Waals surface area contributed by atoms with Gasteiger partial charge in [-0.15, -0.1) is 0 Å². The van der Waals surface area contributed by atoms with Crippen LogP contribution in [0.5, 0.6) is 5.75 Å². The van der Waals surface area contributed by atoms with Crippen molar-refractivity contribution in [1.29, 1.82) is 0 Å². The van der Waals surface area contributed by atoms with Gasteiger partial charge < -0.3 is 9.47 Å². The Hall–Kier alpha value is -0.550. The molecule has 1 rings (SSSR count). The van der Waals surface area contributed by atoms with Gasteiger partial charge in [-0.1, -0.05) is 6.07 Å². The van der Waals surface area contributed by atoms with Crippen molar-refractivity contribution < 1.29 is 14.3 Å². The fourth-order valence-corrected chi connectivity index (χ4v) is 2.09. The van der Waals surface area contributed by atoms with Crippen molar-refractivity contribution >= 4 is 38.0 Å². The molecule has 0 atom stereocenters. The Morgan fingerprint density at radius 2 is 1.69 bits per heavy atom. The van der Waals surface area contributed by atoms with Gasteiger partial charge in [-0.05, 0) is 64.8 Å². The molecule has 0 saturated carbocycles. The van der Waals surface area contributed by atoms with E-state index in [0.717, 1.165) is 0 Å². The summed E-state index contributed by atoms with van der Waals surface area (Å²) in [6.45, 7) is 5.34. The minimum atomic E-state index is -0.722. The van der Waals surface area contributed by atoms with E-state index in [1.165, 1.54) is 0 Å². The highest BCUT2D eigenvalue weighted by molar-refractivity contribution is 9.11. The standard InChI is InChI=1S/C11H12Br2O3/c1-11(2,3)16-10(14)15-9-7(12)5-4-6-8(9)13/h4-6H,1-3H3. The van der Waals surface area contributed by atoms with Gasteiger partial charge in [0.25, 0.3) is 0 Å². The van der Waals surface area contributed by atoms with Crippen molar-refractivity contribution in [2.75, 3.05) is 0 Å². The average molecular weight is 352 g/mol. The zero-order chi connectivity index (χ0) is 12.3. The van der Waals surface area contributed by atoms with Gasteiger partial charge in [0.2, 0.25) is 0 Å². The Morgan fingerprint density at radius 1 is 1.19 bits per heavy atom. The SMILES string of the molecule is CC(C)(C)OC(=O)Oc1c(Br)cccc1Br. The molecule has 0 fully saturated rings. The fourth-order valence-electron chi connectivity index (χ4n) is 0.934. The predicted molar refractivity (Wildman–Crippen MR) is 68.7 cm³/mol. The second-order valence-electron chi connectivity index (χ2n) is 4.12. The summed E-state index contributed by atoms with van der Waals surface area (Å²) in [4.78, 5) is 11.4. The number of carbonyl (C=O) groups excluding carboxylic acids is 1. The minimum absolute atomic E-state index is 0.414. The quantitative estimate of drug-likeness (QED) is 0.551. The molecule has 0 aliphatic rings. The molecule has 88 valence electrons. The first-order chi connectivity index (χ1) is 7.29. The number of carbonyl (C=O) groups is 1. The van der Waals surface area contributed by atoms with Crippen molar-refractivity contribution in [3.8, 4) is 5.75 Å². The summed E-state index contributed by atoms with van der Waals surface area (Å²) >= 11 is 6.58. The molecular formula is C11H12Br2O3. The fraction of sp³-hybridized carbons (Fsp3) is 0.364. The lowest BCUT2D eigenvalue weighted by molar-refractivity contribution is 0.0203. The number of hydrogen-bond donors (Lipinski definition) is 0. The van der Waals surface area contributed by atoms with Gasteiger partial charge in [0.1, 0.15) is 5.60 Å². The van der Waals surface area contributed by atoms with Gasteiger partial charge in [0.15, 0.2) is 5.75 Å². The highest BCUT2D eigenvalue weighted by atomic mass is 79.9. The maximum atomic E-state index is 11.4. The van der Waals surface area contributed by atoms with E-state index in [-0.39, 0.29) is 0 Å². The van der Waals surface area contributed by atoms with Gasteiger partial charge in [-0.25, -0.2) is 4.79 Å². The van der Waals surface area contributed by atoms with E-state index in [1.54, 1.807) is 32.9 Å². The van der Waals surface area contributed by atoms with Crippen LogP contribution in [0, 0.1) is 0 Å². The first kappa shape index (κ1) is 13.5. The number of rotatable bonds is 1. The van der Waals surface area contributed by atoms with Crippen LogP contribution in [-0.4, -0.2) is 11.8 Å². The van der Waals surface area contributed by atoms with Crippen LogP contribution in [-0.2, 0) is 4.74 Å². The maximum absolute atomic E-state index is 11.4. The Kier molecular flexibility index (Phi) is 4.38. The smallest absolute Gasteiger partial charge is 0.428 e. The summed E-state index contributed by atoms with van der Waals surface area (Å²) in [7, 11) is 0. The number of benzene rings is 1. The Bertz CT molecular complexity index is 376. The van der Waals surface area contributed by atoms with E-state index in [4.69, 9.17) is 9.47 Å². The molecule has 0 unspecified atom stereocenters. The average Bonchev–Trinajstić information content (AvgIpc) is 2.08. The van der Waals surface area contributed by atoms with E-state index in [1.807, 2.05) is 6.07 Å². The van der Waals surface area contributed by atoms with Crippen molar-refractivity contribution in [2.45, 2.75) is 26.4 Å². The Balaban J connectivity index is 2.78. The Morgan fingerprint density at radius 3 is 2.12 bits per heavy atom. The molecule has 0 amide bonds. The molecule has 0 radical (unpaired) electrons. The van der Waals surface area contributed by atoms with E-state index in [2.05, 4.69) is 31.9 Å². The number of para-hydroxylation sites is 1. The molecule has 0 heterocycles. The molecule has 0 saturated heterocycles. The molecule has 0 spiro atoms. The topological polar surface area (TPSA) is 35.5 Å². The zero-order valence-electron chi connectivity index (χ0n) is 9.21. The van der Waals surface area contributed by atoms with Gasteiger partial charge in [0, 0.05) is 0 Å². The van der Waals surface area contributed by atoms with Crippen LogP contribution in [0.3, 0.4) is 0 Å². The highest BCUT2D eigenvalue weighted by Crippen LogP contribution is 2.33. The summed E-state index contributed by atoms with van der Waals surface area (Å²) < 4.78 is 11.5. The molecule has 0 bridgehead atoms. The summed E-state index contributed by atoms with van der Waals surface area (Å²) in [6.07, 6.45) is -0.722. The normalized spacial score (nSPS) is 11.1. The minimum Gasteiger partial charge on any atom is -0.428 e.